The van der Waals surface area contributed by atoms with E-state index >= 15 is 0 Å². The monoisotopic (exact) mass is 298 g/mol. The number of aliphatic carboxylic acids is 1. The summed E-state index contributed by atoms with van der Waals surface area (Å²) in [4.78, 5) is 21.9. The van der Waals surface area contributed by atoms with Crippen molar-refractivity contribution in [1.82, 2.24) is 5.32 Å². The summed E-state index contributed by atoms with van der Waals surface area (Å²) in [5.74, 6) is -0.969. The third-order valence-electron chi connectivity index (χ3n) is 2.98. The topological polar surface area (TPSA) is 78.5 Å². The molecule has 2 rings (SSSR count). The first-order valence-corrected chi connectivity index (χ1v) is 6.90. The lowest BCUT2D eigenvalue weighted by Gasteiger charge is -2.12. The van der Waals surface area contributed by atoms with Gasteiger partial charge in [-0.3, -0.25) is 4.79 Å². The number of amides is 1. The number of carbonyl (C=O) groups excluding carboxylic acids is 2. The molecule has 5 heteroatoms. The molecule has 0 aromatic heterocycles. The van der Waals surface area contributed by atoms with Crippen molar-refractivity contribution in [2.45, 2.75) is 6.42 Å². The summed E-state index contributed by atoms with van der Waals surface area (Å²) in [5, 5.41) is 12.7. The van der Waals surface area contributed by atoms with Gasteiger partial charge in [0.1, 0.15) is 5.75 Å². The van der Waals surface area contributed by atoms with E-state index in [2.05, 4.69) is 5.32 Å². The zero-order chi connectivity index (χ0) is 15.8. The Labute approximate surface area is 128 Å². The normalized spacial score (nSPS) is 10.0. The Morgan fingerprint density at radius 3 is 2.41 bits per heavy atom. The Bertz CT molecular complexity index is 640. The van der Waals surface area contributed by atoms with Crippen molar-refractivity contribution in [3.05, 3.63) is 54.6 Å². The van der Waals surface area contributed by atoms with Crippen LogP contribution in [-0.4, -0.2) is 25.0 Å². The molecule has 2 aromatic carbocycles. The molecule has 0 saturated heterocycles. The van der Waals surface area contributed by atoms with Crippen LogP contribution < -0.4 is 15.2 Å². The van der Waals surface area contributed by atoms with Crippen molar-refractivity contribution >= 4 is 11.9 Å². The summed E-state index contributed by atoms with van der Waals surface area (Å²) in [7, 11) is 0. The van der Waals surface area contributed by atoms with Crippen molar-refractivity contribution in [3.63, 3.8) is 0 Å². The molecular weight excluding hydrogens is 282 g/mol. The molecule has 5 nitrogen and oxygen atoms in total. The van der Waals surface area contributed by atoms with Gasteiger partial charge in [0.05, 0.1) is 0 Å². The Morgan fingerprint density at radius 1 is 1.00 bits per heavy atom. The number of ether oxygens (including phenoxy) is 1. The maximum Gasteiger partial charge on any atom is 0.257 e. The molecule has 0 fully saturated rings. The largest absolute Gasteiger partial charge is 0.550 e. The van der Waals surface area contributed by atoms with E-state index in [4.69, 9.17) is 4.74 Å². The van der Waals surface area contributed by atoms with Crippen LogP contribution >= 0.6 is 0 Å². The van der Waals surface area contributed by atoms with Gasteiger partial charge in [-0.15, -0.1) is 0 Å². The fourth-order valence-corrected chi connectivity index (χ4v) is 1.95. The van der Waals surface area contributed by atoms with Crippen molar-refractivity contribution in [2.24, 2.45) is 0 Å². The van der Waals surface area contributed by atoms with Gasteiger partial charge in [0.15, 0.2) is 6.61 Å². The molecule has 0 aliphatic rings. The lowest BCUT2D eigenvalue weighted by molar-refractivity contribution is -0.305. The van der Waals surface area contributed by atoms with Crippen LogP contribution in [0.15, 0.2) is 54.6 Å². The van der Waals surface area contributed by atoms with Crippen LogP contribution in [0.3, 0.4) is 0 Å². The second-order valence-electron chi connectivity index (χ2n) is 4.62. The van der Waals surface area contributed by atoms with Crippen molar-refractivity contribution in [3.8, 4) is 16.9 Å². The highest BCUT2D eigenvalue weighted by Crippen LogP contribution is 2.29. The zero-order valence-electron chi connectivity index (χ0n) is 12.0. The number of carbonyl (C=O) groups is 2. The van der Waals surface area contributed by atoms with E-state index in [1.807, 2.05) is 48.5 Å². The van der Waals surface area contributed by atoms with E-state index < -0.39 is 5.97 Å². The van der Waals surface area contributed by atoms with Gasteiger partial charge in [0.2, 0.25) is 0 Å². The smallest absolute Gasteiger partial charge is 0.257 e. The molecule has 1 amide bonds. The van der Waals surface area contributed by atoms with Gasteiger partial charge in [-0.25, -0.2) is 0 Å². The number of carboxylic acids is 1. The number of nitrogens with one attached hydrogen (secondary N) is 1. The number of carboxylic acid groups (broad SMARTS) is 1. The molecule has 0 spiro atoms. The van der Waals surface area contributed by atoms with E-state index in [-0.39, 0.29) is 25.5 Å². The van der Waals surface area contributed by atoms with Gasteiger partial charge in [-0.2, -0.15) is 0 Å². The van der Waals surface area contributed by atoms with E-state index in [9.17, 15) is 14.7 Å². The van der Waals surface area contributed by atoms with E-state index in [1.54, 1.807) is 6.07 Å². The zero-order valence-corrected chi connectivity index (χ0v) is 12.0. The van der Waals surface area contributed by atoms with Gasteiger partial charge >= 0.3 is 0 Å². The van der Waals surface area contributed by atoms with E-state index in [1.165, 1.54) is 0 Å². The highest BCUT2D eigenvalue weighted by molar-refractivity contribution is 5.78. The third kappa shape index (κ3) is 4.63. The average molecular weight is 298 g/mol. The molecule has 0 radical (unpaired) electrons. The van der Waals surface area contributed by atoms with Gasteiger partial charge < -0.3 is 20.0 Å². The summed E-state index contributed by atoms with van der Waals surface area (Å²) < 4.78 is 5.54. The number of hydrogen-bond donors (Lipinski definition) is 1. The second kappa shape index (κ2) is 7.83. The lowest BCUT2D eigenvalue weighted by Crippen LogP contribution is -2.33. The fourth-order valence-electron chi connectivity index (χ4n) is 1.95. The number of hydrogen-bond acceptors (Lipinski definition) is 4. The lowest BCUT2D eigenvalue weighted by atomic mass is 10.1. The first kappa shape index (κ1) is 15.6. The summed E-state index contributed by atoms with van der Waals surface area (Å²) in [6.45, 7) is -0.137. The molecule has 0 bridgehead atoms. The second-order valence-corrected chi connectivity index (χ2v) is 4.62. The summed E-state index contributed by atoms with van der Waals surface area (Å²) >= 11 is 0. The van der Waals surface area contributed by atoms with Gasteiger partial charge in [0.25, 0.3) is 5.91 Å². The summed E-state index contributed by atoms with van der Waals surface area (Å²) in [6.07, 6.45) is -0.216. The summed E-state index contributed by atoms with van der Waals surface area (Å²) in [5.41, 5.74) is 1.89. The molecule has 0 saturated carbocycles. The van der Waals surface area contributed by atoms with Crippen LogP contribution in [0.4, 0.5) is 0 Å². The highest BCUT2D eigenvalue weighted by atomic mass is 16.5. The molecule has 2 aromatic rings. The molecule has 1 N–H and O–H groups in total. The van der Waals surface area contributed by atoms with Crippen LogP contribution in [0, 0.1) is 0 Å². The number of benzene rings is 2. The van der Waals surface area contributed by atoms with Crippen molar-refractivity contribution in [2.75, 3.05) is 13.2 Å². The molecule has 0 aliphatic carbocycles. The summed E-state index contributed by atoms with van der Waals surface area (Å²) in [6, 6.07) is 17.1. The van der Waals surface area contributed by atoms with Gasteiger partial charge in [-0.1, -0.05) is 48.5 Å². The van der Waals surface area contributed by atoms with Crippen molar-refractivity contribution in [1.29, 1.82) is 0 Å². The maximum absolute atomic E-state index is 11.6. The van der Waals surface area contributed by atoms with Crippen LogP contribution in [0.5, 0.6) is 5.75 Å². The molecular formula is C17H16NO4-. The molecule has 22 heavy (non-hydrogen) atoms. The van der Waals surface area contributed by atoms with Crippen LogP contribution in [0.25, 0.3) is 11.1 Å². The standard InChI is InChI=1S/C17H17NO4/c19-16(18-11-10-17(20)21)12-22-15-9-5-4-8-14(15)13-6-2-1-3-7-13/h1-9H,10-12H2,(H,18,19)(H,20,21)/p-1. The first-order valence-electron chi connectivity index (χ1n) is 6.90. The molecule has 0 unspecified atom stereocenters. The molecule has 0 heterocycles. The Morgan fingerprint density at radius 2 is 1.68 bits per heavy atom. The predicted octanol–water partition coefficient (Wildman–Crippen LogP) is 0.989. The fraction of sp³-hybridized carbons (Fsp3) is 0.176. The third-order valence-corrected chi connectivity index (χ3v) is 2.98. The Hall–Kier alpha value is -2.82. The van der Waals surface area contributed by atoms with Crippen LogP contribution in [-0.2, 0) is 9.59 Å². The predicted molar refractivity (Wildman–Crippen MR) is 80.0 cm³/mol. The minimum Gasteiger partial charge on any atom is -0.550 e. The van der Waals surface area contributed by atoms with Gasteiger partial charge in [-0.05, 0) is 11.6 Å². The van der Waals surface area contributed by atoms with E-state index in [0.717, 1.165) is 11.1 Å². The van der Waals surface area contributed by atoms with E-state index in [0.29, 0.717) is 5.75 Å². The van der Waals surface area contributed by atoms with Crippen molar-refractivity contribution < 1.29 is 19.4 Å². The first-order chi connectivity index (χ1) is 10.7. The minimum absolute atomic E-state index is 0.0326. The maximum atomic E-state index is 11.6. The Kier molecular flexibility index (Phi) is 5.54. The SMILES string of the molecule is O=C([O-])CCNC(=O)COc1ccccc1-c1ccccc1. The number of rotatable bonds is 7. The number of para-hydroxylation sites is 1. The molecule has 0 atom stereocenters. The quantitative estimate of drug-likeness (QED) is 0.827. The van der Waals surface area contributed by atoms with Crippen LogP contribution in [0.1, 0.15) is 6.42 Å². The van der Waals surface area contributed by atoms with Gasteiger partial charge in [0, 0.05) is 24.5 Å². The minimum atomic E-state index is -1.20. The highest BCUT2D eigenvalue weighted by Gasteiger charge is 2.07. The van der Waals surface area contributed by atoms with Crippen LogP contribution in [0.2, 0.25) is 0 Å². The molecule has 114 valence electrons. The molecule has 0 aliphatic heterocycles. The average Bonchev–Trinajstić information content (AvgIpc) is 2.54. The Balaban J connectivity index is 1.96.